The van der Waals surface area contributed by atoms with E-state index in [-0.39, 0.29) is 11.6 Å². The molecule has 0 radical (unpaired) electrons. The summed E-state index contributed by atoms with van der Waals surface area (Å²) in [7, 11) is 0. The minimum absolute atomic E-state index is 0.0603. The summed E-state index contributed by atoms with van der Waals surface area (Å²) in [6.45, 7) is 23.6. The molecule has 39 heavy (non-hydrogen) atoms. The molecule has 1 amide bonds. The first kappa shape index (κ1) is 31.7. The van der Waals surface area contributed by atoms with E-state index in [1.165, 1.54) is 4.68 Å². The van der Waals surface area contributed by atoms with Gasteiger partial charge in [-0.3, -0.25) is 9.36 Å². The fourth-order valence-corrected chi connectivity index (χ4v) is 5.15. The summed E-state index contributed by atoms with van der Waals surface area (Å²) in [6, 6.07) is 5.35. The van der Waals surface area contributed by atoms with Crippen LogP contribution in [0.25, 0.3) is 28.0 Å². The summed E-state index contributed by atoms with van der Waals surface area (Å²) in [6.07, 6.45) is 4.80. The second-order valence-corrected chi connectivity index (χ2v) is 9.10. The highest BCUT2D eigenvalue weighted by Gasteiger charge is 2.31. The molecule has 5 rings (SSSR count). The molecule has 1 saturated heterocycles. The molecular weight excluding hydrogens is 486 g/mol. The van der Waals surface area contributed by atoms with E-state index >= 15 is 0 Å². The largest absolute Gasteiger partial charge is 0.328 e. The molecule has 0 bridgehead atoms. The van der Waals surface area contributed by atoms with E-state index in [2.05, 4.69) is 32.7 Å². The topological polar surface area (TPSA) is 73.0 Å². The average Bonchev–Trinajstić information content (AvgIpc) is 3.35. The maximum absolute atomic E-state index is 13.9. The molecule has 7 heteroatoms. The minimum atomic E-state index is -0.251. The standard InChI is InChI=1S/C26H29N5O2.3C2H6/c1-15-16(2)18(4)24-21(17(15)3)23-22(25(32)31(28-23)20-11-7-8-12-27-20)19(5)30(24)26(33)29-13-9-6-10-14-29;3*1-2/h7-8,11-12H,6,9-10,13-14H2,1-5H3;3*1-2H3. The molecule has 2 aromatic rings. The van der Waals surface area contributed by atoms with Crippen LogP contribution in [0.15, 0.2) is 29.2 Å². The number of nitrogens with zero attached hydrogens (tertiary/aromatic N) is 5. The molecule has 0 unspecified atom stereocenters. The van der Waals surface area contributed by atoms with Gasteiger partial charge >= 0.3 is 6.03 Å². The summed E-state index contributed by atoms with van der Waals surface area (Å²) in [5.41, 5.74) is 6.74. The number of carbonyl (C=O) groups excluding carboxylic acids is 1. The number of piperidine rings is 1. The Bertz CT molecular complexity index is 1430. The number of aryl methyl sites for hydroxylation is 2. The van der Waals surface area contributed by atoms with E-state index < -0.39 is 0 Å². The van der Waals surface area contributed by atoms with Gasteiger partial charge in [-0.25, -0.2) is 9.78 Å². The maximum atomic E-state index is 13.9. The van der Waals surface area contributed by atoms with Crippen molar-refractivity contribution in [2.24, 2.45) is 0 Å². The van der Waals surface area contributed by atoms with Crippen molar-refractivity contribution in [2.45, 2.75) is 95.4 Å². The van der Waals surface area contributed by atoms with Crippen LogP contribution in [0.3, 0.4) is 0 Å². The Morgan fingerprint density at radius 1 is 0.795 bits per heavy atom. The van der Waals surface area contributed by atoms with E-state index in [1.54, 1.807) is 16.8 Å². The maximum Gasteiger partial charge on any atom is 0.328 e. The van der Waals surface area contributed by atoms with E-state index in [9.17, 15) is 9.59 Å². The molecule has 3 aliphatic rings. The lowest BCUT2D eigenvalue weighted by atomic mass is 9.91. The SMILES string of the molecule is CC.CC.CC.Cc1c(C)c(C)c2c(c3nn(-c4ccccn4)c(=O)c-3c(C)n2C(=O)N2CCCCC2)c1C. The highest BCUT2D eigenvalue weighted by atomic mass is 16.2. The Kier molecular flexibility index (Phi) is 11.4. The highest BCUT2D eigenvalue weighted by molar-refractivity contribution is 6.04. The third-order valence-corrected chi connectivity index (χ3v) is 7.34. The van der Waals surface area contributed by atoms with Crippen LogP contribution < -0.4 is 5.56 Å². The van der Waals surface area contributed by atoms with Gasteiger partial charge in [0.05, 0.1) is 11.1 Å². The molecule has 0 N–H and O–H groups in total. The van der Waals surface area contributed by atoms with Crippen molar-refractivity contribution in [3.05, 3.63) is 62.7 Å². The summed E-state index contributed by atoms with van der Waals surface area (Å²) in [4.78, 5) is 33.7. The smallest absolute Gasteiger partial charge is 0.324 e. The number of rotatable bonds is 1. The van der Waals surface area contributed by atoms with Gasteiger partial charge in [-0.15, -0.1) is 0 Å². The van der Waals surface area contributed by atoms with E-state index in [4.69, 9.17) is 5.10 Å². The lowest BCUT2D eigenvalue weighted by Gasteiger charge is -2.30. The first-order valence-electron chi connectivity index (χ1n) is 14.6. The van der Waals surface area contributed by atoms with Crippen LogP contribution in [0, 0.1) is 34.6 Å². The Morgan fingerprint density at radius 2 is 1.38 bits per heavy atom. The van der Waals surface area contributed by atoms with Gasteiger partial charge in [-0.05, 0) is 88.3 Å². The van der Waals surface area contributed by atoms with Crippen LogP contribution in [0.5, 0.6) is 0 Å². The Balaban J connectivity index is 0.000000833. The number of fused-ring (bicyclic) bond motifs is 3. The van der Waals surface area contributed by atoms with Gasteiger partial charge in [0.1, 0.15) is 5.69 Å². The number of benzene rings is 1. The lowest BCUT2D eigenvalue weighted by molar-refractivity contribution is 0.188. The number of amides is 1. The van der Waals surface area contributed by atoms with E-state index in [0.29, 0.717) is 22.8 Å². The zero-order valence-corrected chi connectivity index (χ0v) is 25.9. The fourth-order valence-electron chi connectivity index (χ4n) is 5.15. The predicted molar refractivity (Wildman–Crippen MR) is 164 cm³/mol. The number of likely N-dealkylation sites (tertiary alicyclic amines) is 1. The molecule has 212 valence electrons. The van der Waals surface area contributed by atoms with E-state index in [0.717, 1.165) is 65.5 Å². The molecule has 3 aliphatic heterocycles. The quantitative estimate of drug-likeness (QED) is 0.251. The second-order valence-electron chi connectivity index (χ2n) is 9.10. The molecule has 7 nitrogen and oxygen atoms in total. The molecule has 0 saturated carbocycles. The molecule has 1 aromatic carbocycles. The monoisotopic (exact) mass is 533 g/mol. The van der Waals surface area contributed by atoms with Crippen molar-refractivity contribution in [2.75, 3.05) is 13.1 Å². The summed E-state index contributed by atoms with van der Waals surface area (Å²) in [5.74, 6) is 0.471. The van der Waals surface area contributed by atoms with Gasteiger partial charge in [-0.1, -0.05) is 47.6 Å². The highest BCUT2D eigenvalue weighted by Crippen LogP contribution is 2.38. The fraction of sp³-hybridized carbons (Fsp3) is 0.500. The van der Waals surface area contributed by atoms with Gasteiger partial charge in [-0.2, -0.15) is 9.78 Å². The zero-order valence-electron chi connectivity index (χ0n) is 25.9. The lowest BCUT2D eigenvalue weighted by Crippen LogP contribution is -2.40. The second kappa shape index (κ2) is 14.1. The molecule has 1 fully saturated rings. The van der Waals surface area contributed by atoms with Crippen molar-refractivity contribution < 1.29 is 4.79 Å². The number of hydrogen-bond donors (Lipinski definition) is 0. The van der Waals surface area contributed by atoms with Crippen LogP contribution in [-0.4, -0.2) is 43.4 Å². The van der Waals surface area contributed by atoms with Crippen LogP contribution in [-0.2, 0) is 0 Å². The van der Waals surface area contributed by atoms with Crippen molar-refractivity contribution in [3.8, 4) is 17.1 Å². The third kappa shape index (κ3) is 5.63. The van der Waals surface area contributed by atoms with Gasteiger partial charge < -0.3 is 4.90 Å². The van der Waals surface area contributed by atoms with Gasteiger partial charge in [0.25, 0.3) is 5.56 Å². The number of aromatic nitrogens is 4. The molecule has 0 aliphatic carbocycles. The minimum Gasteiger partial charge on any atom is -0.324 e. The number of pyridine rings is 2. The van der Waals surface area contributed by atoms with Gasteiger partial charge in [0.2, 0.25) is 0 Å². The van der Waals surface area contributed by atoms with Crippen molar-refractivity contribution >= 4 is 16.9 Å². The first-order chi connectivity index (χ1) is 18.8. The number of hydrogen-bond acceptors (Lipinski definition) is 4. The van der Waals surface area contributed by atoms with Crippen molar-refractivity contribution in [3.63, 3.8) is 0 Å². The molecule has 0 atom stereocenters. The molecule has 4 heterocycles. The third-order valence-electron chi connectivity index (χ3n) is 7.34. The Labute approximate surface area is 234 Å². The summed E-state index contributed by atoms with van der Waals surface area (Å²) in [5, 5.41) is 5.63. The van der Waals surface area contributed by atoms with Crippen LogP contribution in [0.2, 0.25) is 0 Å². The Hall–Kier alpha value is -3.48. The Morgan fingerprint density at radius 3 is 1.95 bits per heavy atom. The predicted octanol–water partition coefficient (Wildman–Crippen LogP) is 7.76. The molecular formula is C32H47N5O2. The number of carbonyl (C=O) groups is 1. The van der Waals surface area contributed by atoms with Crippen LogP contribution in [0.4, 0.5) is 4.79 Å². The van der Waals surface area contributed by atoms with Crippen molar-refractivity contribution in [1.82, 2.24) is 24.2 Å². The molecule has 1 aromatic heterocycles. The zero-order chi connectivity index (χ0) is 29.4. The van der Waals surface area contributed by atoms with E-state index in [1.807, 2.05) is 65.5 Å². The van der Waals surface area contributed by atoms with Crippen LogP contribution in [0.1, 0.15) is 88.8 Å². The van der Waals surface area contributed by atoms with Gasteiger partial charge in [0, 0.05) is 30.4 Å². The summed E-state index contributed by atoms with van der Waals surface area (Å²) >= 11 is 0. The first-order valence-corrected chi connectivity index (χ1v) is 14.6. The average molecular weight is 534 g/mol. The van der Waals surface area contributed by atoms with Crippen LogP contribution >= 0.6 is 0 Å². The summed E-state index contributed by atoms with van der Waals surface area (Å²) < 4.78 is 3.13. The van der Waals surface area contributed by atoms with Crippen molar-refractivity contribution in [1.29, 1.82) is 0 Å². The normalized spacial score (nSPS) is 12.6. The van der Waals surface area contributed by atoms with Gasteiger partial charge in [0.15, 0.2) is 5.82 Å². The molecule has 0 spiro atoms.